The van der Waals surface area contributed by atoms with Gasteiger partial charge in [0.2, 0.25) is 0 Å². The number of hydrogen-bond acceptors (Lipinski definition) is 0. The minimum atomic E-state index is -0.209. The van der Waals surface area contributed by atoms with Crippen molar-refractivity contribution in [1.29, 1.82) is 0 Å². The molecule has 0 spiro atoms. The molecule has 0 nitrogen and oxygen atoms in total. The van der Waals surface area contributed by atoms with Crippen LogP contribution in [-0.4, -0.2) is 39.1 Å². The first-order valence-corrected chi connectivity index (χ1v) is 10.3. The van der Waals surface area contributed by atoms with Crippen molar-refractivity contribution >= 4 is 64.8 Å². The third kappa shape index (κ3) is 11.6. The monoisotopic (exact) mass is 303 g/mol. The Labute approximate surface area is 104 Å². The molecular formula is C6H6Br2FMg2. The van der Waals surface area contributed by atoms with Gasteiger partial charge in [0, 0.05) is 0 Å². The minimum Gasteiger partial charge on any atom is -0.280 e. The van der Waals surface area contributed by atoms with Crippen LogP contribution < -0.4 is 0 Å². The SMILES string of the molecule is Fc1cc[c]cc1.[Br][Mg][Br].[MgH2]. The minimum absolute atomic E-state index is 0. The molecule has 1 rings (SSSR count). The van der Waals surface area contributed by atoms with E-state index >= 15 is 0 Å². The average molecular weight is 306 g/mol. The molecule has 0 saturated heterocycles. The Morgan fingerprint density at radius 1 is 1.27 bits per heavy atom. The quantitative estimate of drug-likeness (QED) is 0.643. The van der Waals surface area contributed by atoms with Gasteiger partial charge in [-0.3, -0.25) is 25.8 Å². The van der Waals surface area contributed by atoms with Crippen LogP contribution in [-0.2, 0) is 0 Å². The molecule has 0 unspecified atom stereocenters. The van der Waals surface area contributed by atoms with E-state index in [0.717, 1.165) is 0 Å². The smallest absolute Gasteiger partial charge is 0.280 e. The van der Waals surface area contributed by atoms with E-state index in [-0.39, 0.29) is 44.9 Å². The normalized spacial score (nSPS) is 6.45. The van der Waals surface area contributed by atoms with Gasteiger partial charge < -0.3 is 0 Å². The second-order valence-electron chi connectivity index (χ2n) is 1.32. The number of rotatable bonds is 0. The molecule has 0 fully saturated rings. The fourth-order valence-corrected chi connectivity index (χ4v) is 0.367. The highest BCUT2D eigenvalue weighted by Gasteiger charge is 1.77. The summed E-state index contributed by atoms with van der Waals surface area (Å²) in [6.45, 7) is 0. The van der Waals surface area contributed by atoms with Gasteiger partial charge in [0.05, 0.1) is 0 Å². The van der Waals surface area contributed by atoms with E-state index in [9.17, 15) is 4.39 Å². The lowest BCUT2D eigenvalue weighted by Crippen LogP contribution is -1.64. The molecule has 0 amide bonds. The Hall–Kier alpha value is 1.64. The lowest BCUT2D eigenvalue weighted by Gasteiger charge is -1.77. The molecular weight excluding hydrogens is 299 g/mol. The molecule has 55 valence electrons. The number of benzene rings is 1. The summed E-state index contributed by atoms with van der Waals surface area (Å²) in [5.74, 6) is -0.209. The highest BCUT2D eigenvalue weighted by Crippen LogP contribution is 1.91. The largest absolute Gasteiger partial charge is 0.560 e. The standard InChI is InChI=1S/C6H4F.2BrH.2Mg.2H/c7-6-4-2-1-3-5-6;;;;;;/h2-5H;2*1H;;;;/q;;;;+2;;/p-2. The summed E-state index contributed by atoms with van der Waals surface area (Å²) in [6.07, 6.45) is 0. The molecule has 0 bridgehead atoms. The summed E-state index contributed by atoms with van der Waals surface area (Å²) in [7, 11) is 0. The molecule has 0 N–H and O–H groups in total. The van der Waals surface area contributed by atoms with Gasteiger partial charge >= 0.3 is 39.1 Å². The van der Waals surface area contributed by atoms with Gasteiger partial charge in [0.1, 0.15) is 5.82 Å². The van der Waals surface area contributed by atoms with Gasteiger partial charge in [0.15, 0.2) is 0 Å². The van der Waals surface area contributed by atoms with E-state index in [1.807, 2.05) is 0 Å². The predicted octanol–water partition coefficient (Wildman–Crippen LogP) is 2.02. The van der Waals surface area contributed by atoms with Gasteiger partial charge in [0.25, 0.3) is 0 Å². The lowest BCUT2D eigenvalue weighted by atomic mass is 10.4. The molecule has 5 heteroatoms. The summed E-state index contributed by atoms with van der Waals surface area (Å²) in [4.78, 5) is 0. The maximum absolute atomic E-state index is 11.9. The molecule has 1 aromatic carbocycles. The average Bonchev–Trinajstić information content (AvgIpc) is 1.91. The maximum Gasteiger partial charge on any atom is 0.560 e. The van der Waals surface area contributed by atoms with Crippen LogP contribution in [0.15, 0.2) is 24.3 Å². The van der Waals surface area contributed by atoms with Crippen molar-refractivity contribution < 1.29 is 4.39 Å². The van der Waals surface area contributed by atoms with Crippen LogP contribution in [0.3, 0.4) is 0 Å². The summed E-state index contributed by atoms with van der Waals surface area (Å²) in [5.41, 5.74) is 0. The van der Waals surface area contributed by atoms with Crippen molar-refractivity contribution in [3.05, 3.63) is 36.1 Å². The second-order valence-corrected chi connectivity index (χ2v) is 9.40. The zero-order valence-corrected chi connectivity index (χ0v) is 9.74. The highest BCUT2D eigenvalue weighted by atomic mass is 79.9. The van der Waals surface area contributed by atoms with Crippen molar-refractivity contribution in [1.82, 2.24) is 0 Å². The molecule has 1 radical (unpaired) electrons. The molecule has 0 heterocycles. The maximum atomic E-state index is 11.9. The van der Waals surface area contributed by atoms with E-state index in [1.165, 1.54) is 24.3 Å². The van der Waals surface area contributed by atoms with Crippen molar-refractivity contribution in [3.63, 3.8) is 0 Å². The first-order chi connectivity index (χ1) is 4.81. The highest BCUT2D eigenvalue weighted by molar-refractivity contribution is 9.47. The molecule has 0 aliphatic rings. The zero-order chi connectivity index (χ0) is 7.82. The Morgan fingerprint density at radius 3 is 1.82 bits per heavy atom. The van der Waals surface area contributed by atoms with Crippen molar-refractivity contribution in [3.8, 4) is 0 Å². The van der Waals surface area contributed by atoms with Crippen LogP contribution in [0.5, 0.6) is 0 Å². The van der Waals surface area contributed by atoms with Crippen molar-refractivity contribution in [2.24, 2.45) is 0 Å². The fraction of sp³-hybridized carbons (Fsp3) is 0. The molecule has 0 aliphatic carbocycles. The number of hydrogen-bond donors (Lipinski definition) is 0. The summed E-state index contributed by atoms with van der Waals surface area (Å²) >= 11 is 6.44. The predicted molar refractivity (Wildman–Crippen MR) is 57.4 cm³/mol. The molecule has 0 aromatic heterocycles. The Kier molecular flexibility index (Phi) is 16.0. The van der Waals surface area contributed by atoms with Crippen LogP contribution in [0.4, 0.5) is 4.39 Å². The molecule has 11 heavy (non-hydrogen) atoms. The number of halogens is 3. The topological polar surface area (TPSA) is 0 Å². The van der Waals surface area contributed by atoms with Crippen LogP contribution >= 0.6 is 25.8 Å². The van der Waals surface area contributed by atoms with Gasteiger partial charge in [-0.05, 0) is 18.2 Å². The summed E-state index contributed by atoms with van der Waals surface area (Å²) in [5, 5.41) is 0. The van der Waals surface area contributed by atoms with E-state index in [1.54, 1.807) is 0 Å². The first kappa shape index (κ1) is 15.1. The molecule has 0 saturated carbocycles. The van der Waals surface area contributed by atoms with Gasteiger partial charge in [-0.1, -0.05) is 12.1 Å². The first-order valence-electron chi connectivity index (χ1n) is 2.54. The molecule has 0 atom stereocenters. The Balaban J connectivity index is 0. The van der Waals surface area contributed by atoms with Crippen LogP contribution in [0.2, 0.25) is 0 Å². The van der Waals surface area contributed by atoms with E-state index in [2.05, 4.69) is 31.8 Å². The lowest BCUT2D eigenvalue weighted by molar-refractivity contribution is 0.628. The third-order valence-electron chi connectivity index (χ3n) is 0.678. The van der Waals surface area contributed by atoms with Crippen molar-refractivity contribution in [2.75, 3.05) is 0 Å². The van der Waals surface area contributed by atoms with E-state index in [4.69, 9.17) is 0 Å². The van der Waals surface area contributed by atoms with Crippen molar-refractivity contribution in [2.45, 2.75) is 0 Å². The molecule has 0 aliphatic heterocycles. The Bertz CT molecular complexity index is 160. The third-order valence-corrected chi connectivity index (χ3v) is 0.678. The summed E-state index contributed by atoms with van der Waals surface area (Å²) in [6, 6.07) is 8.49. The van der Waals surface area contributed by atoms with E-state index < -0.39 is 0 Å². The van der Waals surface area contributed by atoms with Crippen LogP contribution in [0, 0.1) is 11.9 Å². The van der Waals surface area contributed by atoms with E-state index in [0.29, 0.717) is 0 Å². The van der Waals surface area contributed by atoms with Gasteiger partial charge in [-0.25, -0.2) is 4.39 Å². The zero-order valence-electron chi connectivity index (χ0n) is 5.15. The van der Waals surface area contributed by atoms with Gasteiger partial charge in [-0.15, -0.1) is 0 Å². The summed E-state index contributed by atoms with van der Waals surface area (Å²) < 4.78 is 11.9. The fourth-order valence-electron chi connectivity index (χ4n) is 0.367. The van der Waals surface area contributed by atoms with Gasteiger partial charge in [-0.2, -0.15) is 0 Å². The second kappa shape index (κ2) is 11.6. The van der Waals surface area contributed by atoms with Crippen LogP contribution in [0.25, 0.3) is 0 Å². The molecule has 1 aromatic rings. The Morgan fingerprint density at radius 2 is 1.64 bits per heavy atom. The van der Waals surface area contributed by atoms with Crippen LogP contribution in [0.1, 0.15) is 0 Å².